The van der Waals surface area contributed by atoms with Crippen molar-refractivity contribution in [3.8, 4) is 12.3 Å². The molecule has 1 heterocycles. The van der Waals surface area contributed by atoms with E-state index < -0.39 is 4.92 Å². The van der Waals surface area contributed by atoms with Crippen LogP contribution in [0.25, 0.3) is 6.08 Å². The summed E-state index contributed by atoms with van der Waals surface area (Å²) in [6, 6.07) is 5.78. The minimum atomic E-state index is -0.494. The quantitative estimate of drug-likeness (QED) is 0.268. The molecule has 7 nitrogen and oxygen atoms in total. The molecule has 0 bridgehead atoms. The third kappa shape index (κ3) is 4.44. The van der Waals surface area contributed by atoms with Crippen molar-refractivity contribution in [1.29, 1.82) is 0 Å². The number of hydrogen-bond acceptors (Lipinski definition) is 6. The van der Waals surface area contributed by atoms with Crippen molar-refractivity contribution < 1.29 is 14.5 Å². The van der Waals surface area contributed by atoms with Gasteiger partial charge < -0.3 is 5.32 Å². The number of nitro groups is 1. The SMILES string of the molecule is C#CCNCCCN1C(=O)S/C(=C/c2ccc([N+](=O)[O-])cc2)C1=O. The zero-order chi connectivity index (χ0) is 17.5. The first-order chi connectivity index (χ1) is 11.5. The van der Waals surface area contributed by atoms with Gasteiger partial charge in [0.2, 0.25) is 0 Å². The van der Waals surface area contributed by atoms with Crippen molar-refractivity contribution in [3.05, 3.63) is 44.8 Å². The second-order valence-corrected chi connectivity index (χ2v) is 5.91. The Labute approximate surface area is 143 Å². The number of nitrogens with zero attached hydrogens (tertiary/aromatic N) is 2. The molecule has 0 unspecified atom stereocenters. The summed E-state index contributed by atoms with van der Waals surface area (Å²) in [5.74, 6) is 2.10. The van der Waals surface area contributed by atoms with E-state index in [9.17, 15) is 19.7 Å². The summed E-state index contributed by atoms with van der Waals surface area (Å²) in [5, 5.41) is 13.3. The molecule has 2 amide bonds. The van der Waals surface area contributed by atoms with E-state index in [1.54, 1.807) is 6.08 Å². The molecular weight excluding hydrogens is 330 g/mol. The lowest BCUT2D eigenvalue weighted by Gasteiger charge is -2.11. The molecule has 1 aliphatic rings. The minimum Gasteiger partial charge on any atom is -0.306 e. The Morgan fingerprint density at radius 2 is 2.04 bits per heavy atom. The van der Waals surface area contributed by atoms with E-state index in [-0.39, 0.29) is 16.8 Å². The van der Waals surface area contributed by atoms with Gasteiger partial charge >= 0.3 is 0 Å². The Balaban J connectivity index is 1.99. The highest BCUT2D eigenvalue weighted by molar-refractivity contribution is 8.18. The van der Waals surface area contributed by atoms with Crippen molar-refractivity contribution in [1.82, 2.24) is 10.2 Å². The van der Waals surface area contributed by atoms with Crippen LogP contribution in [0.15, 0.2) is 29.2 Å². The molecule has 1 aromatic rings. The van der Waals surface area contributed by atoms with Crippen LogP contribution in [0.4, 0.5) is 10.5 Å². The molecule has 1 fully saturated rings. The maximum atomic E-state index is 12.3. The number of non-ortho nitro benzene ring substituents is 1. The predicted octanol–water partition coefficient (Wildman–Crippen LogP) is 2.24. The molecular formula is C16H15N3O4S. The number of rotatable bonds is 7. The van der Waals surface area contributed by atoms with E-state index >= 15 is 0 Å². The first kappa shape index (κ1) is 17.7. The van der Waals surface area contributed by atoms with Crippen molar-refractivity contribution in [2.45, 2.75) is 6.42 Å². The van der Waals surface area contributed by atoms with Crippen LogP contribution >= 0.6 is 11.8 Å². The van der Waals surface area contributed by atoms with Crippen LogP contribution in [0.5, 0.6) is 0 Å². The van der Waals surface area contributed by atoms with Gasteiger partial charge in [-0.1, -0.05) is 5.92 Å². The van der Waals surface area contributed by atoms with Gasteiger partial charge in [0.05, 0.1) is 16.4 Å². The number of imide groups is 1. The third-order valence-corrected chi connectivity index (χ3v) is 4.14. The van der Waals surface area contributed by atoms with Gasteiger partial charge in [-0.15, -0.1) is 6.42 Å². The Morgan fingerprint density at radius 3 is 2.67 bits per heavy atom. The molecule has 8 heteroatoms. The molecule has 0 aromatic heterocycles. The molecule has 0 radical (unpaired) electrons. The molecule has 1 aliphatic heterocycles. The average Bonchev–Trinajstić information content (AvgIpc) is 2.82. The molecule has 1 N–H and O–H groups in total. The van der Waals surface area contributed by atoms with Crippen molar-refractivity contribution in [3.63, 3.8) is 0 Å². The van der Waals surface area contributed by atoms with Gasteiger partial charge in [-0.3, -0.25) is 24.6 Å². The van der Waals surface area contributed by atoms with Crippen molar-refractivity contribution in [2.24, 2.45) is 0 Å². The molecule has 0 saturated carbocycles. The highest BCUT2D eigenvalue weighted by atomic mass is 32.2. The van der Waals surface area contributed by atoms with Gasteiger partial charge in [0.25, 0.3) is 16.8 Å². The summed E-state index contributed by atoms with van der Waals surface area (Å²) < 4.78 is 0. The minimum absolute atomic E-state index is 0.0280. The van der Waals surface area contributed by atoms with E-state index in [0.717, 1.165) is 11.8 Å². The molecule has 24 heavy (non-hydrogen) atoms. The number of terminal acetylenes is 1. The second-order valence-electron chi connectivity index (χ2n) is 4.92. The summed E-state index contributed by atoms with van der Waals surface area (Å²) in [7, 11) is 0. The fourth-order valence-electron chi connectivity index (χ4n) is 2.06. The number of amides is 2. The Kier molecular flexibility index (Phi) is 6.12. The summed E-state index contributed by atoms with van der Waals surface area (Å²) in [5.41, 5.74) is 0.599. The number of nitro benzene ring substituents is 1. The van der Waals surface area contributed by atoms with Crippen molar-refractivity contribution >= 4 is 34.7 Å². The Morgan fingerprint density at radius 1 is 1.33 bits per heavy atom. The van der Waals surface area contributed by atoms with E-state index in [0.29, 0.717) is 36.5 Å². The van der Waals surface area contributed by atoms with Crippen LogP contribution in [0, 0.1) is 22.5 Å². The standard InChI is InChI=1S/C16H15N3O4S/c1-2-8-17-9-3-10-18-15(20)14(24-16(18)21)11-12-4-6-13(7-5-12)19(22)23/h1,4-7,11,17H,3,8-10H2/b14-11+. The summed E-state index contributed by atoms with van der Waals surface area (Å²) in [6.45, 7) is 1.38. The normalized spacial score (nSPS) is 15.8. The zero-order valence-corrected chi connectivity index (χ0v) is 13.5. The number of benzene rings is 1. The fourth-order valence-corrected chi connectivity index (χ4v) is 2.92. The first-order valence-electron chi connectivity index (χ1n) is 7.17. The lowest BCUT2D eigenvalue weighted by Crippen LogP contribution is -2.31. The highest BCUT2D eigenvalue weighted by Gasteiger charge is 2.34. The fraction of sp³-hybridized carbons (Fsp3) is 0.250. The second kappa shape index (κ2) is 8.29. The van der Waals surface area contributed by atoms with Gasteiger partial charge in [0.1, 0.15) is 0 Å². The smallest absolute Gasteiger partial charge is 0.293 e. The number of carbonyl (C=O) groups is 2. The highest BCUT2D eigenvalue weighted by Crippen LogP contribution is 2.32. The molecule has 0 atom stereocenters. The molecule has 0 spiro atoms. The molecule has 1 aromatic carbocycles. The van der Waals surface area contributed by atoms with Gasteiger partial charge in [0, 0.05) is 18.7 Å². The van der Waals surface area contributed by atoms with E-state index in [2.05, 4.69) is 11.2 Å². The Hall–Kier alpha value is -2.63. The van der Waals surface area contributed by atoms with Crippen molar-refractivity contribution in [2.75, 3.05) is 19.6 Å². The average molecular weight is 345 g/mol. The lowest BCUT2D eigenvalue weighted by molar-refractivity contribution is -0.384. The summed E-state index contributed by atoms with van der Waals surface area (Å²) in [6.07, 6.45) is 7.29. The summed E-state index contributed by atoms with van der Waals surface area (Å²) >= 11 is 0.867. The number of thioether (sulfide) groups is 1. The van der Waals surface area contributed by atoms with Gasteiger partial charge in [-0.25, -0.2) is 0 Å². The van der Waals surface area contributed by atoms with E-state index in [1.807, 2.05) is 0 Å². The van der Waals surface area contributed by atoms with Gasteiger partial charge in [-0.05, 0) is 48.5 Å². The topological polar surface area (TPSA) is 92.6 Å². The van der Waals surface area contributed by atoms with Crippen LogP contribution < -0.4 is 5.32 Å². The van der Waals surface area contributed by atoms with Crippen LogP contribution in [0.2, 0.25) is 0 Å². The van der Waals surface area contributed by atoms with E-state index in [1.165, 1.54) is 29.2 Å². The van der Waals surface area contributed by atoms with Crippen LogP contribution in [-0.2, 0) is 4.79 Å². The largest absolute Gasteiger partial charge is 0.306 e. The maximum absolute atomic E-state index is 12.3. The number of hydrogen-bond donors (Lipinski definition) is 1. The van der Waals surface area contributed by atoms with Gasteiger partial charge in [-0.2, -0.15) is 0 Å². The first-order valence-corrected chi connectivity index (χ1v) is 7.98. The monoisotopic (exact) mass is 345 g/mol. The van der Waals surface area contributed by atoms with E-state index in [4.69, 9.17) is 6.42 Å². The van der Waals surface area contributed by atoms with Crippen LogP contribution in [0.3, 0.4) is 0 Å². The molecule has 1 saturated heterocycles. The number of carbonyl (C=O) groups excluding carboxylic acids is 2. The lowest BCUT2D eigenvalue weighted by atomic mass is 10.2. The molecule has 2 rings (SSSR count). The van der Waals surface area contributed by atoms with Crippen LogP contribution in [0.1, 0.15) is 12.0 Å². The maximum Gasteiger partial charge on any atom is 0.293 e. The molecule has 0 aliphatic carbocycles. The zero-order valence-electron chi connectivity index (χ0n) is 12.7. The Bertz CT molecular complexity index is 722. The number of nitrogens with one attached hydrogen (secondary N) is 1. The van der Waals surface area contributed by atoms with Crippen LogP contribution in [-0.4, -0.2) is 40.6 Å². The summed E-state index contributed by atoms with van der Waals surface area (Å²) in [4.78, 5) is 35.8. The molecule has 124 valence electrons. The predicted molar refractivity (Wildman–Crippen MR) is 92.1 cm³/mol. The third-order valence-electron chi connectivity index (χ3n) is 3.24. The van der Waals surface area contributed by atoms with Gasteiger partial charge in [0.15, 0.2) is 0 Å².